The zero-order chi connectivity index (χ0) is 13.8. The Kier molecular flexibility index (Phi) is 3.38. The van der Waals surface area contributed by atoms with Gasteiger partial charge >= 0.3 is 5.91 Å². The molecule has 20 heavy (non-hydrogen) atoms. The van der Waals surface area contributed by atoms with Crippen LogP contribution in [-0.2, 0) is 0 Å². The number of para-hydroxylation sites is 1. The lowest BCUT2D eigenvalue weighted by Crippen LogP contribution is -2.41. The van der Waals surface area contributed by atoms with Gasteiger partial charge in [0.1, 0.15) is 0 Å². The SMILES string of the molecule is O=C(/C=C/c1ccccc1)[n+]1cccc2ccccc21. The van der Waals surface area contributed by atoms with Gasteiger partial charge in [0.05, 0.1) is 6.08 Å². The van der Waals surface area contributed by atoms with Crippen LogP contribution in [-0.4, -0.2) is 5.91 Å². The molecule has 0 bridgehead atoms. The molecule has 1 heterocycles. The van der Waals surface area contributed by atoms with Crippen LogP contribution in [0.4, 0.5) is 0 Å². The molecule has 3 rings (SSSR count). The molecular formula is C18H14NO+. The fraction of sp³-hybridized carbons (Fsp3) is 0. The first-order valence-electron chi connectivity index (χ1n) is 6.51. The van der Waals surface area contributed by atoms with E-state index in [2.05, 4.69) is 0 Å². The Morgan fingerprint density at radius 2 is 1.55 bits per heavy atom. The monoisotopic (exact) mass is 260 g/mol. The quantitative estimate of drug-likeness (QED) is 0.510. The molecule has 0 radical (unpaired) electrons. The van der Waals surface area contributed by atoms with Crippen LogP contribution in [0.2, 0.25) is 0 Å². The van der Waals surface area contributed by atoms with Crippen molar-refractivity contribution in [1.29, 1.82) is 0 Å². The van der Waals surface area contributed by atoms with Crippen molar-refractivity contribution in [3.63, 3.8) is 0 Å². The number of pyridine rings is 1. The molecule has 0 aliphatic rings. The van der Waals surface area contributed by atoms with Gasteiger partial charge in [0, 0.05) is 17.5 Å². The summed E-state index contributed by atoms with van der Waals surface area (Å²) >= 11 is 0. The molecule has 0 aliphatic heterocycles. The van der Waals surface area contributed by atoms with Crippen molar-refractivity contribution in [3.05, 3.63) is 84.6 Å². The summed E-state index contributed by atoms with van der Waals surface area (Å²) in [5, 5.41) is 1.05. The topological polar surface area (TPSA) is 20.9 Å². The molecule has 1 aromatic heterocycles. The smallest absolute Gasteiger partial charge is 0.214 e. The number of hydrogen-bond donors (Lipinski definition) is 0. The zero-order valence-corrected chi connectivity index (χ0v) is 10.9. The first-order valence-corrected chi connectivity index (χ1v) is 6.51. The molecular weight excluding hydrogens is 246 g/mol. The highest BCUT2D eigenvalue weighted by Crippen LogP contribution is 2.08. The summed E-state index contributed by atoms with van der Waals surface area (Å²) in [7, 11) is 0. The van der Waals surface area contributed by atoms with E-state index < -0.39 is 0 Å². The van der Waals surface area contributed by atoms with Crippen LogP contribution in [0.1, 0.15) is 10.4 Å². The van der Waals surface area contributed by atoms with Crippen LogP contribution in [0.25, 0.3) is 17.0 Å². The second-order valence-electron chi connectivity index (χ2n) is 4.52. The first-order chi connectivity index (χ1) is 9.84. The van der Waals surface area contributed by atoms with E-state index in [-0.39, 0.29) is 5.91 Å². The maximum absolute atomic E-state index is 12.3. The van der Waals surface area contributed by atoms with E-state index >= 15 is 0 Å². The van der Waals surface area contributed by atoms with Crippen LogP contribution in [0.3, 0.4) is 0 Å². The van der Waals surface area contributed by atoms with Gasteiger partial charge in [0.2, 0.25) is 5.52 Å². The fourth-order valence-electron chi connectivity index (χ4n) is 2.17. The Morgan fingerprint density at radius 3 is 2.40 bits per heavy atom. The van der Waals surface area contributed by atoms with E-state index in [0.29, 0.717) is 0 Å². The average molecular weight is 260 g/mol. The van der Waals surface area contributed by atoms with E-state index in [1.807, 2.05) is 72.8 Å². The second kappa shape index (κ2) is 5.49. The Hall–Kier alpha value is -2.74. The Labute approximate surface area is 117 Å². The van der Waals surface area contributed by atoms with Crippen LogP contribution >= 0.6 is 0 Å². The van der Waals surface area contributed by atoms with Crippen LogP contribution in [0.15, 0.2) is 79.0 Å². The summed E-state index contributed by atoms with van der Waals surface area (Å²) in [5.41, 5.74) is 1.93. The minimum absolute atomic E-state index is 0.0503. The third-order valence-electron chi connectivity index (χ3n) is 3.16. The van der Waals surface area contributed by atoms with E-state index in [1.165, 1.54) is 0 Å². The molecule has 0 atom stereocenters. The number of fused-ring (bicyclic) bond motifs is 1. The fourth-order valence-corrected chi connectivity index (χ4v) is 2.17. The maximum atomic E-state index is 12.3. The van der Waals surface area contributed by atoms with Crippen molar-refractivity contribution in [1.82, 2.24) is 0 Å². The number of carbonyl (C=O) groups excluding carboxylic acids is 1. The third-order valence-corrected chi connectivity index (χ3v) is 3.16. The van der Waals surface area contributed by atoms with Gasteiger partial charge in [0.25, 0.3) is 0 Å². The molecule has 0 saturated carbocycles. The summed E-state index contributed by atoms with van der Waals surface area (Å²) in [6.45, 7) is 0. The number of aromatic nitrogens is 1. The summed E-state index contributed by atoms with van der Waals surface area (Å²) in [6, 6.07) is 21.5. The second-order valence-corrected chi connectivity index (χ2v) is 4.52. The van der Waals surface area contributed by atoms with Crippen LogP contribution in [0.5, 0.6) is 0 Å². The summed E-state index contributed by atoms with van der Waals surface area (Å²) in [5.74, 6) is -0.0503. The number of hydrogen-bond acceptors (Lipinski definition) is 1. The van der Waals surface area contributed by atoms with Gasteiger partial charge < -0.3 is 0 Å². The lowest BCUT2D eigenvalue weighted by atomic mass is 10.2. The van der Waals surface area contributed by atoms with Gasteiger partial charge in [-0.05, 0) is 23.8 Å². The average Bonchev–Trinajstić information content (AvgIpc) is 2.53. The summed E-state index contributed by atoms with van der Waals surface area (Å²) < 4.78 is 1.66. The van der Waals surface area contributed by atoms with Crippen molar-refractivity contribution in [2.24, 2.45) is 0 Å². The molecule has 0 N–H and O–H groups in total. The molecule has 2 aromatic carbocycles. The van der Waals surface area contributed by atoms with Crippen molar-refractivity contribution in [2.75, 3.05) is 0 Å². The highest BCUT2D eigenvalue weighted by atomic mass is 16.1. The van der Waals surface area contributed by atoms with Crippen molar-refractivity contribution < 1.29 is 9.36 Å². The summed E-state index contributed by atoms with van der Waals surface area (Å²) in [6.07, 6.45) is 5.22. The van der Waals surface area contributed by atoms with Crippen molar-refractivity contribution in [2.45, 2.75) is 0 Å². The van der Waals surface area contributed by atoms with Gasteiger partial charge in [-0.2, -0.15) is 0 Å². The molecule has 0 aliphatic carbocycles. The molecule has 2 nitrogen and oxygen atoms in total. The molecule has 0 fully saturated rings. The lowest BCUT2D eigenvalue weighted by Gasteiger charge is -1.96. The number of allylic oxidation sites excluding steroid dienone is 1. The number of rotatable bonds is 2. The van der Waals surface area contributed by atoms with Crippen molar-refractivity contribution in [3.8, 4) is 0 Å². The van der Waals surface area contributed by atoms with Crippen LogP contribution in [0, 0.1) is 0 Å². The molecule has 0 saturated heterocycles. The number of carbonyl (C=O) groups is 1. The highest BCUT2D eigenvalue weighted by Gasteiger charge is 2.14. The minimum Gasteiger partial charge on any atom is -0.214 e. The van der Waals surface area contributed by atoms with Gasteiger partial charge in [-0.15, -0.1) is 4.57 Å². The predicted molar refractivity (Wildman–Crippen MR) is 80.2 cm³/mol. The van der Waals surface area contributed by atoms with Gasteiger partial charge in [-0.1, -0.05) is 42.5 Å². The lowest BCUT2D eigenvalue weighted by molar-refractivity contribution is -0.541. The molecule has 2 heteroatoms. The molecule has 0 spiro atoms. The largest absolute Gasteiger partial charge is 0.417 e. The van der Waals surface area contributed by atoms with E-state index in [1.54, 1.807) is 16.8 Å². The Morgan fingerprint density at radius 1 is 0.850 bits per heavy atom. The highest BCUT2D eigenvalue weighted by molar-refractivity contribution is 5.88. The molecule has 3 aromatic rings. The minimum atomic E-state index is -0.0503. The first kappa shape index (κ1) is 12.3. The van der Waals surface area contributed by atoms with Crippen LogP contribution < -0.4 is 4.57 Å². The van der Waals surface area contributed by atoms with E-state index in [0.717, 1.165) is 16.5 Å². The van der Waals surface area contributed by atoms with Gasteiger partial charge in [-0.3, -0.25) is 0 Å². The summed E-state index contributed by atoms with van der Waals surface area (Å²) in [4.78, 5) is 12.3. The molecule has 96 valence electrons. The molecule has 0 amide bonds. The zero-order valence-electron chi connectivity index (χ0n) is 10.9. The normalized spacial score (nSPS) is 11.0. The number of nitrogens with zero attached hydrogens (tertiary/aromatic N) is 1. The van der Waals surface area contributed by atoms with Gasteiger partial charge in [0.15, 0.2) is 6.20 Å². The Bertz CT molecular complexity index is 770. The Balaban J connectivity index is 1.95. The van der Waals surface area contributed by atoms with E-state index in [4.69, 9.17) is 0 Å². The number of benzene rings is 2. The van der Waals surface area contributed by atoms with Crippen molar-refractivity contribution >= 4 is 22.9 Å². The molecule has 0 unspecified atom stereocenters. The van der Waals surface area contributed by atoms with Gasteiger partial charge in [-0.25, -0.2) is 4.79 Å². The predicted octanol–water partition coefficient (Wildman–Crippen LogP) is 3.48. The maximum Gasteiger partial charge on any atom is 0.417 e. The third kappa shape index (κ3) is 2.50. The van der Waals surface area contributed by atoms with E-state index in [9.17, 15) is 4.79 Å². The standard InChI is InChI=1S/C18H14NO/c20-18(13-12-15-7-2-1-3-8-15)19-14-6-10-16-9-4-5-11-17(16)19/h1-14H/q+1/b13-12+.